The van der Waals surface area contributed by atoms with Gasteiger partial charge >= 0.3 is 0 Å². The van der Waals surface area contributed by atoms with Gasteiger partial charge in [-0.05, 0) is 44.2 Å². The lowest BCUT2D eigenvalue weighted by Crippen LogP contribution is -2.58. The second-order valence-electron chi connectivity index (χ2n) is 10.8. The molecule has 3 amide bonds. The van der Waals surface area contributed by atoms with Crippen molar-refractivity contribution in [3.05, 3.63) is 24.3 Å². The Morgan fingerprint density at radius 1 is 1.24 bits per heavy atom. The summed E-state index contributed by atoms with van der Waals surface area (Å²) in [5.74, 6) is -2.48. The summed E-state index contributed by atoms with van der Waals surface area (Å²) < 4.78 is 8.27. The topological polar surface area (TPSA) is 139 Å². The van der Waals surface area contributed by atoms with E-state index in [1.54, 1.807) is 4.68 Å². The van der Waals surface area contributed by atoms with Gasteiger partial charge in [-0.15, -0.1) is 5.10 Å². The third-order valence-corrected chi connectivity index (χ3v) is 8.73. The van der Waals surface area contributed by atoms with Gasteiger partial charge in [-0.3, -0.25) is 14.4 Å². The van der Waals surface area contributed by atoms with Gasteiger partial charge in [-0.1, -0.05) is 38.1 Å². The van der Waals surface area contributed by atoms with Crippen LogP contribution in [0.25, 0.3) is 11.0 Å². The highest BCUT2D eigenvalue weighted by Gasteiger charge is 2.80. The van der Waals surface area contributed by atoms with Crippen LogP contribution in [0.15, 0.2) is 24.3 Å². The Balaban J connectivity index is 1.51. The van der Waals surface area contributed by atoms with Crippen molar-refractivity contribution >= 4 is 28.8 Å². The molecule has 3 aliphatic rings. The zero-order valence-corrected chi connectivity index (χ0v) is 21.8. The minimum Gasteiger partial charge on any atom is -0.394 e. The lowest BCUT2D eigenvalue weighted by Gasteiger charge is -2.36. The average molecular weight is 513 g/mol. The molecule has 3 saturated heterocycles. The number of likely N-dealkylation sites (tertiary alicyclic amines) is 1. The quantitative estimate of drug-likeness (QED) is 0.452. The molecular formula is C26H36N6O5. The van der Waals surface area contributed by atoms with Gasteiger partial charge in [0.05, 0.1) is 35.6 Å². The highest BCUT2D eigenvalue weighted by atomic mass is 16.5. The molecule has 3 fully saturated rings. The summed E-state index contributed by atoms with van der Waals surface area (Å²) >= 11 is 0. The first-order valence-corrected chi connectivity index (χ1v) is 13.2. The SMILES string of the molecule is CCCNC(=O)[C@@H]1[C@H]2C(=O)N([C@@H](CC)CO)C(C(=O)NCn3nnc4ccccc43)C23CC(C)[C@@]1(C)O3. The summed E-state index contributed by atoms with van der Waals surface area (Å²) in [5, 5.41) is 24.3. The van der Waals surface area contributed by atoms with E-state index < -0.39 is 41.0 Å². The van der Waals surface area contributed by atoms with E-state index in [1.165, 1.54) is 4.90 Å². The van der Waals surface area contributed by atoms with E-state index in [-0.39, 0.29) is 31.0 Å². The number of hydrogen-bond acceptors (Lipinski definition) is 7. The summed E-state index contributed by atoms with van der Waals surface area (Å²) in [4.78, 5) is 42.8. The van der Waals surface area contributed by atoms with E-state index in [0.717, 1.165) is 11.9 Å². The molecule has 200 valence electrons. The molecule has 1 aromatic carbocycles. The fraction of sp³-hybridized carbons (Fsp3) is 0.654. The highest BCUT2D eigenvalue weighted by Crippen LogP contribution is 2.65. The lowest BCUT2D eigenvalue weighted by atomic mass is 9.62. The van der Waals surface area contributed by atoms with Crippen molar-refractivity contribution < 1.29 is 24.2 Å². The van der Waals surface area contributed by atoms with Crippen molar-refractivity contribution in [1.29, 1.82) is 0 Å². The van der Waals surface area contributed by atoms with Crippen LogP contribution in [0.2, 0.25) is 0 Å². The number of carbonyl (C=O) groups is 3. The van der Waals surface area contributed by atoms with Crippen LogP contribution in [0.4, 0.5) is 0 Å². The van der Waals surface area contributed by atoms with Gasteiger partial charge in [0, 0.05) is 6.54 Å². The number of aromatic nitrogens is 3. The van der Waals surface area contributed by atoms with Gasteiger partial charge in [0.1, 0.15) is 23.8 Å². The maximum Gasteiger partial charge on any atom is 0.247 e. The van der Waals surface area contributed by atoms with Crippen molar-refractivity contribution in [2.75, 3.05) is 13.2 Å². The van der Waals surface area contributed by atoms with Crippen LogP contribution in [-0.2, 0) is 25.8 Å². The van der Waals surface area contributed by atoms with Crippen LogP contribution in [0.3, 0.4) is 0 Å². The molecule has 11 nitrogen and oxygen atoms in total. The Morgan fingerprint density at radius 2 is 2.00 bits per heavy atom. The van der Waals surface area contributed by atoms with Crippen molar-refractivity contribution in [2.24, 2.45) is 17.8 Å². The summed E-state index contributed by atoms with van der Waals surface area (Å²) in [6, 6.07) is 5.89. The molecule has 3 aliphatic heterocycles. The monoisotopic (exact) mass is 512 g/mol. The first kappa shape index (κ1) is 25.6. The van der Waals surface area contributed by atoms with Crippen LogP contribution in [-0.4, -0.2) is 79.2 Å². The smallest absolute Gasteiger partial charge is 0.247 e. The molecule has 4 heterocycles. The van der Waals surface area contributed by atoms with E-state index in [4.69, 9.17) is 4.74 Å². The molecule has 3 N–H and O–H groups in total. The Morgan fingerprint density at radius 3 is 2.70 bits per heavy atom. The van der Waals surface area contributed by atoms with Gasteiger partial charge in [0.2, 0.25) is 17.7 Å². The molecule has 37 heavy (non-hydrogen) atoms. The van der Waals surface area contributed by atoms with Crippen LogP contribution < -0.4 is 10.6 Å². The lowest BCUT2D eigenvalue weighted by molar-refractivity contribution is -0.151. The van der Waals surface area contributed by atoms with Crippen LogP contribution >= 0.6 is 0 Å². The number of hydrogen-bond donors (Lipinski definition) is 3. The molecule has 1 aromatic heterocycles. The minimum absolute atomic E-state index is 0.0439. The van der Waals surface area contributed by atoms with Gasteiger partial charge in [0.15, 0.2) is 0 Å². The standard InChI is InChI=1S/C26H36N6O5/c1-5-11-27-22(34)19-20-24(36)32(16(6-2)13-33)21(26(20)12-15(3)25(19,4)37-26)23(35)28-14-31-18-10-8-7-9-17(18)29-30-31/h7-10,15-16,19-21,33H,5-6,11-14H2,1-4H3,(H,27,34)(H,28,35)/t15?,16-,19-,20-,21?,25+,26?/m0/s1. The number of carbonyl (C=O) groups excluding carboxylic acids is 3. The number of nitrogens with one attached hydrogen (secondary N) is 2. The van der Waals surface area contributed by atoms with Gasteiger partial charge in [-0.2, -0.15) is 0 Å². The summed E-state index contributed by atoms with van der Waals surface area (Å²) in [6.45, 7) is 8.00. The molecule has 0 aliphatic carbocycles. The number of rotatable bonds is 9. The Labute approximate surface area is 215 Å². The number of nitrogens with zero attached hydrogens (tertiary/aromatic N) is 4. The number of fused-ring (bicyclic) bond motifs is 2. The maximum atomic E-state index is 14.0. The fourth-order valence-electron chi connectivity index (χ4n) is 6.82. The van der Waals surface area contributed by atoms with Crippen molar-refractivity contribution in [2.45, 2.75) is 76.9 Å². The Hall–Kier alpha value is -3.05. The molecule has 5 rings (SSSR count). The van der Waals surface area contributed by atoms with E-state index >= 15 is 0 Å². The van der Waals surface area contributed by atoms with Crippen molar-refractivity contribution in [3.8, 4) is 0 Å². The van der Waals surface area contributed by atoms with Crippen LogP contribution in [0.1, 0.15) is 47.0 Å². The minimum atomic E-state index is -1.16. The average Bonchev–Trinajstić information content (AvgIpc) is 3.56. The van der Waals surface area contributed by atoms with E-state index in [9.17, 15) is 19.5 Å². The Kier molecular flexibility index (Phi) is 6.47. The zero-order chi connectivity index (χ0) is 26.5. The molecule has 0 radical (unpaired) electrons. The summed E-state index contributed by atoms with van der Waals surface area (Å²) in [5.41, 5.74) is -0.547. The first-order valence-electron chi connectivity index (χ1n) is 13.2. The molecule has 0 saturated carbocycles. The molecule has 2 bridgehead atoms. The molecule has 11 heteroatoms. The highest BCUT2D eigenvalue weighted by molar-refractivity contribution is 5.99. The van der Waals surface area contributed by atoms with E-state index in [1.807, 2.05) is 52.0 Å². The molecule has 3 unspecified atom stereocenters. The second kappa shape index (κ2) is 9.36. The molecule has 7 atom stereocenters. The van der Waals surface area contributed by atoms with Crippen LogP contribution in [0.5, 0.6) is 0 Å². The van der Waals surface area contributed by atoms with Crippen molar-refractivity contribution in [3.63, 3.8) is 0 Å². The number of amides is 3. The number of benzene rings is 1. The first-order chi connectivity index (χ1) is 17.7. The summed E-state index contributed by atoms with van der Waals surface area (Å²) in [6.07, 6.45) is 1.70. The molecular weight excluding hydrogens is 476 g/mol. The predicted octanol–water partition coefficient (Wildman–Crippen LogP) is 0.813. The predicted molar refractivity (Wildman–Crippen MR) is 134 cm³/mol. The third kappa shape index (κ3) is 3.65. The van der Waals surface area contributed by atoms with E-state index in [0.29, 0.717) is 24.9 Å². The number of ether oxygens (including phenoxy) is 1. The maximum absolute atomic E-state index is 14.0. The number of aliphatic hydroxyl groups excluding tert-OH is 1. The van der Waals surface area contributed by atoms with E-state index in [2.05, 4.69) is 20.9 Å². The normalized spacial score (nSPS) is 33.1. The fourth-order valence-corrected chi connectivity index (χ4v) is 6.82. The third-order valence-electron chi connectivity index (χ3n) is 8.73. The zero-order valence-electron chi connectivity index (χ0n) is 21.8. The number of para-hydroxylation sites is 1. The molecule has 1 spiro atoms. The number of aliphatic hydroxyl groups is 1. The van der Waals surface area contributed by atoms with Gasteiger partial charge < -0.3 is 25.4 Å². The van der Waals surface area contributed by atoms with Crippen LogP contribution in [0, 0.1) is 17.8 Å². The summed E-state index contributed by atoms with van der Waals surface area (Å²) in [7, 11) is 0. The van der Waals surface area contributed by atoms with Gasteiger partial charge in [0.25, 0.3) is 0 Å². The van der Waals surface area contributed by atoms with Crippen molar-refractivity contribution in [1.82, 2.24) is 30.5 Å². The Bertz CT molecular complexity index is 1210. The molecule has 2 aromatic rings. The van der Waals surface area contributed by atoms with Gasteiger partial charge in [-0.25, -0.2) is 4.68 Å². The largest absolute Gasteiger partial charge is 0.394 e. The second-order valence-corrected chi connectivity index (χ2v) is 10.8.